The number of carbonyl (C=O) groups excluding carboxylic acids is 1. The first-order valence-corrected chi connectivity index (χ1v) is 8.14. The minimum atomic E-state index is -0.505. The third-order valence-corrected chi connectivity index (χ3v) is 4.90. The van der Waals surface area contributed by atoms with Crippen molar-refractivity contribution in [1.82, 2.24) is 9.80 Å². The van der Waals surface area contributed by atoms with Crippen molar-refractivity contribution < 1.29 is 15.0 Å². The Kier molecular flexibility index (Phi) is 4.57. The molecule has 2 saturated heterocycles. The highest BCUT2D eigenvalue weighted by Crippen LogP contribution is 2.26. The van der Waals surface area contributed by atoms with Gasteiger partial charge in [-0.25, -0.2) is 0 Å². The molecule has 2 fully saturated rings. The number of β-amino-alcohol motifs (C(OH)–C–C–N with tert-alkyl or cyclic N) is 1. The Morgan fingerprint density at radius 1 is 1.18 bits per heavy atom. The summed E-state index contributed by atoms with van der Waals surface area (Å²) in [5.74, 6) is -0.189. The summed E-state index contributed by atoms with van der Waals surface area (Å²) in [7, 11) is 0. The lowest BCUT2D eigenvalue weighted by Crippen LogP contribution is -2.46. The first kappa shape index (κ1) is 15.6. The summed E-state index contributed by atoms with van der Waals surface area (Å²) in [4.78, 5) is 16.5. The van der Waals surface area contributed by atoms with Crippen molar-refractivity contribution in [3.8, 4) is 5.75 Å². The number of hydrogen-bond acceptors (Lipinski definition) is 4. The molecule has 0 bridgehead atoms. The van der Waals surface area contributed by atoms with Gasteiger partial charge in [0.25, 0.3) is 5.91 Å². The van der Waals surface area contributed by atoms with Gasteiger partial charge in [0, 0.05) is 18.7 Å². The number of aliphatic hydroxyl groups excluding tert-OH is 1. The van der Waals surface area contributed by atoms with E-state index in [0.717, 1.165) is 25.9 Å². The number of phenols is 1. The van der Waals surface area contributed by atoms with Crippen LogP contribution in [-0.2, 0) is 0 Å². The van der Waals surface area contributed by atoms with E-state index in [-0.39, 0.29) is 22.7 Å². The summed E-state index contributed by atoms with van der Waals surface area (Å²) < 4.78 is 0. The number of likely N-dealkylation sites (tertiary alicyclic amines) is 2. The summed E-state index contributed by atoms with van der Waals surface area (Å²) in [5.41, 5.74) is 0.439. The zero-order valence-corrected chi connectivity index (χ0v) is 13.2. The van der Waals surface area contributed by atoms with E-state index >= 15 is 0 Å². The Hall–Kier alpha value is -1.30. The fourth-order valence-corrected chi connectivity index (χ4v) is 3.55. The van der Waals surface area contributed by atoms with Gasteiger partial charge < -0.3 is 15.1 Å². The Bertz CT molecular complexity index is 560. The van der Waals surface area contributed by atoms with Gasteiger partial charge in [-0.1, -0.05) is 18.0 Å². The molecule has 1 aromatic carbocycles. The normalized spacial score (nSPS) is 26.4. The summed E-state index contributed by atoms with van der Waals surface area (Å²) in [6.45, 7) is 2.88. The van der Waals surface area contributed by atoms with Crippen LogP contribution in [-0.4, -0.2) is 64.2 Å². The molecule has 1 aromatic rings. The van der Waals surface area contributed by atoms with Crippen LogP contribution in [0.2, 0.25) is 5.02 Å². The van der Waals surface area contributed by atoms with Crippen LogP contribution in [0.15, 0.2) is 18.2 Å². The third kappa shape index (κ3) is 3.07. The van der Waals surface area contributed by atoms with Crippen molar-refractivity contribution in [2.45, 2.75) is 31.4 Å². The smallest absolute Gasteiger partial charge is 0.254 e. The molecule has 2 atom stereocenters. The van der Waals surface area contributed by atoms with Gasteiger partial charge in [0.1, 0.15) is 5.75 Å². The zero-order valence-electron chi connectivity index (χ0n) is 12.4. The maximum absolute atomic E-state index is 12.5. The topological polar surface area (TPSA) is 64.0 Å². The minimum absolute atomic E-state index is 0.0248. The number of aliphatic hydroxyl groups is 1. The molecule has 2 aliphatic heterocycles. The maximum Gasteiger partial charge on any atom is 0.254 e. The van der Waals surface area contributed by atoms with E-state index in [4.69, 9.17) is 11.6 Å². The largest absolute Gasteiger partial charge is 0.506 e. The molecule has 2 N–H and O–H groups in total. The molecular formula is C16H21ClN2O3. The van der Waals surface area contributed by atoms with Crippen molar-refractivity contribution in [1.29, 1.82) is 0 Å². The highest BCUT2D eigenvalue weighted by molar-refractivity contribution is 6.32. The van der Waals surface area contributed by atoms with Crippen molar-refractivity contribution in [3.63, 3.8) is 0 Å². The van der Waals surface area contributed by atoms with E-state index in [1.807, 2.05) is 0 Å². The predicted molar refractivity (Wildman–Crippen MR) is 84.2 cm³/mol. The van der Waals surface area contributed by atoms with Gasteiger partial charge in [0.15, 0.2) is 0 Å². The van der Waals surface area contributed by atoms with Crippen LogP contribution in [0.5, 0.6) is 5.75 Å². The summed E-state index contributed by atoms with van der Waals surface area (Å²) in [6.07, 6.45) is 3.05. The maximum atomic E-state index is 12.5. The van der Waals surface area contributed by atoms with E-state index in [0.29, 0.717) is 18.7 Å². The van der Waals surface area contributed by atoms with Gasteiger partial charge in [-0.15, -0.1) is 0 Å². The molecule has 0 spiro atoms. The predicted octanol–water partition coefficient (Wildman–Crippen LogP) is 1.72. The summed E-state index contributed by atoms with van der Waals surface area (Å²) in [6, 6.07) is 4.48. The van der Waals surface area contributed by atoms with E-state index in [1.165, 1.54) is 18.6 Å². The second-order valence-corrected chi connectivity index (χ2v) is 6.51. The van der Waals surface area contributed by atoms with Gasteiger partial charge in [-0.05, 0) is 44.1 Å². The first-order valence-electron chi connectivity index (χ1n) is 7.76. The molecule has 6 heteroatoms. The van der Waals surface area contributed by atoms with E-state index < -0.39 is 6.10 Å². The minimum Gasteiger partial charge on any atom is -0.506 e. The number of hydrogen-bond donors (Lipinski definition) is 2. The van der Waals surface area contributed by atoms with Crippen LogP contribution in [0.3, 0.4) is 0 Å². The van der Waals surface area contributed by atoms with Crippen molar-refractivity contribution in [2.24, 2.45) is 0 Å². The summed E-state index contributed by atoms with van der Waals surface area (Å²) >= 11 is 5.87. The number of rotatable bonds is 2. The quantitative estimate of drug-likeness (QED) is 0.869. The fourth-order valence-electron chi connectivity index (χ4n) is 3.37. The second kappa shape index (κ2) is 6.44. The average Bonchev–Trinajstić information content (AvgIpc) is 2.92. The molecule has 5 nitrogen and oxygen atoms in total. The Labute approximate surface area is 135 Å². The molecule has 2 heterocycles. The number of aromatic hydroxyl groups is 1. The number of carbonyl (C=O) groups is 1. The molecule has 0 saturated carbocycles. The lowest BCUT2D eigenvalue weighted by atomic mass is 10.1. The number of halogens is 1. The summed E-state index contributed by atoms with van der Waals surface area (Å²) in [5, 5.41) is 19.9. The monoisotopic (exact) mass is 324 g/mol. The number of benzene rings is 1. The average molecular weight is 325 g/mol. The zero-order chi connectivity index (χ0) is 15.7. The van der Waals surface area contributed by atoms with Gasteiger partial charge in [0.05, 0.1) is 17.2 Å². The number of amides is 1. The molecule has 0 aliphatic carbocycles. The highest BCUT2D eigenvalue weighted by Gasteiger charge is 2.38. The molecule has 1 amide bonds. The lowest BCUT2D eigenvalue weighted by Gasteiger charge is -2.33. The first-order chi connectivity index (χ1) is 10.6. The van der Waals surface area contributed by atoms with Gasteiger partial charge in [-0.2, -0.15) is 0 Å². The van der Waals surface area contributed by atoms with E-state index in [2.05, 4.69) is 4.90 Å². The van der Waals surface area contributed by atoms with Crippen LogP contribution in [0.25, 0.3) is 0 Å². The van der Waals surface area contributed by atoms with E-state index in [1.54, 1.807) is 11.0 Å². The number of piperidine rings is 1. The van der Waals surface area contributed by atoms with Crippen LogP contribution < -0.4 is 0 Å². The van der Waals surface area contributed by atoms with Crippen LogP contribution >= 0.6 is 11.6 Å². The number of nitrogens with zero attached hydrogens (tertiary/aromatic N) is 2. The Morgan fingerprint density at radius 3 is 2.59 bits per heavy atom. The van der Waals surface area contributed by atoms with Crippen LogP contribution in [0, 0.1) is 0 Å². The lowest BCUT2D eigenvalue weighted by molar-refractivity contribution is 0.0702. The van der Waals surface area contributed by atoms with Crippen molar-refractivity contribution >= 4 is 17.5 Å². The Morgan fingerprint density at radius 2 is 1.91 bits per heavy atom. The van der Waals surface area contributed by atoms with Gasteiger partial charge in [0.2, 0.25) is 0 Å². The molecule has 120 valence electrons. The Balaban J connectivity index is 1.70. The molecule has 0 radical (unpaired) electrons. The molecule has 22 heavy (non-hydrogen) atoms. The fraction of sp³-hybridized carbons (Fsp3) is 0.562. The molecule has 3 rings (SSSR count). The molecule has 0 aromatic heterocycles. The standard InChI is InChI=1S/C16H21ClN2O3/c17-12-8-11(4-5-14(12)20)16(22)19-9-13(15(21)10-19)18-6-2-1-3-7-18/h4-5,8,13,15,20-21H,1-3,6-7,9-10H2/t13-,15-/m0/s1. The molecule has 0 unspecified atom stereocenters. The van der Waals surface area contributed by atoms with Crippen molar-refractivity contribution in [2.75, 3.05) is 26.2 Å². The van der Waals surface area contributed by atoms with Gasteiger partial charge in [-0.3, -0.25) is 9.69 Å². The molecular weight excluding hydrogens is 304 g/mol. The second-order valence-electron chi connectivity index (χ2n) is 6.11. The van der Waals surface area contributed by atoms with Crippen LogP contribution in [0.4, 0.5) is 0 Å². The number of phenolic OH excluding ortho intramolecular Hbond substituents is 1. The van der Waals surface area contributed by atoms with Gasteiger partial charge >= 0.3 is 0 Å². The highest BCUT2D eigenvalue weighted by atomic mass is 35.5. The SMILES string of the molecule is O=C(c1ccc(O)c(Cl)c1)N1C[C@H](O)[C@@H](N2CCCCC2)C1. The third-order valence-electron chi connectivity index (χ3n) is 4.60. The van der Waals surface area contributed by atoms with Crippen LogP contribution in [0.1, 0.15) is 29.6 Å². The van der Waals surface area contributed by atoms with Crippen molar-refractivity contribution in [3.05, 3.63) is 28.8 Å². The molecule has 2 aliphatic rings. The van der Waals surface area contributed by atoms with E-state index in [9.17, 15) is 15.0 Å².